The van der Waals surface area contributed by atoms with Gasteiger partial charge >= 0.3 is 0 Å². The molecule has 3 N–H and O–H groups in total. The molecule has 1 fully saturated rings. The molecule has 0 bridgehead atoms. The van der Waals surface area contributed by atoms with Crippen LogP contribution in [0.3, 0.4) is 0 Å². The fraction of sp³-hybridized carbons (Fsp3) is 0.400. The highest BCUT2D eigenvalue weighted by Crippen LogP contribution is 2.29. The zero-order chi connectivity index (χ0) is 10.8. The Morgan fingerprint density at radius 2 is 1.93 bits per heavy atom. The molecular formula is C10H12F2N2O. The average molecular weight is 214 g/mol. The molecule has 0 amide bonds. The molecule has 1 aliphatic heterocycles. The minimum absolute atomic E-state index is 0.00204. The van der Waals surface area contributed by atoms with Crippen molar-refractivity contribution in [1.82, 2.24) is 10.6 Å². The van der Waals surface area contributed by atoms with Crippen LogP contribution in [0, 0.1) is 11.6 Å². The van der Waals surface area contributed by atoms with E-state index in [2.05, 4.69) is 10.6 Å². The van der Waals surface area contributed by atoms with Gasteiger partial charge in [0.15, 0.2) is 11.6 Å². The third kappa shape index (κ3) is 1.93. The van der Waals surface area contributed by atoms with E-state index in [9.17, 15) is 13.9 Å². The fourth-order valence-corrected chi connectivity index (χ4v) is 1.75. The van der Waals surface area contributed by atoms with Crippen LogP contribution < -0.4 is 10.6 Å². The molecule has 1 aliphatic rings. The highest BCUT2D eigenvalue weighted by Gasteiger charge is 2.23. The first-order valence-electron chi connectivity index (χ1n) is 4.81. The number of nitrogens with one attached hydrogen (secondary N) is 2. The standard InChI is InChI=1S/C10H12F2N2O/c11-6-1-2-7(12)10(15)9(6)8-5-13-3-4-14-8/h1-2,8,13-15H,3-5H2/t8-/m1/s1. The van der Waals surface area contributed by atoms with Gasteiger partial charge in [0.05, 0.1) is 11.6 Å². The van der Waals surface area contributed by atoms with Crippen molar-refractivity contribution in [3.05, 3.63) is 29.3 Å². The molecule has 1 aromatic rings. The van der Waals surface area contributed by atoms with Crippen molar-refractivity contribution >= 4 is 0 Å². The number of phenolic OH excluding ortho intramolecular Hbond substituents is 1. The molecule has 1 atom stereocenters. The predicted molar refractivity (Wildman–Crippen MR) is 51.6 cm³/mol. The molecule has 2 rings (SSSR count). The largest absolute Gasteiger partial charge is 0.505 e. The second-order valence-electron chi connectivity index (χ2n) is 3.50. The van der Waals surface area contributed by atoms with E-state index in [1.165, 1.54) is 0 Å². The number of halogens is 2. The molecule has 0 saturated carbocycles. The van der Waals surface area contributed by atoms with Crippen LogP contribution in [-0.4, -0.2) is 24.7 Å². The molecule has 15 heavy (non-hydrogen) atoms. The summed E-state index contributed by atoms with van der Waals surface area (Å²) in [5.74, 6) is -1.98. The molecule has 0 unspecified atom stereocenters. The van der Waals surface area contributed by atoms with E-state index < -0.39 is 17.4 Å². The zero-order valence-corrected chi connectivity index (χ0v) is 8.06. The Labute approximate surface area is 86.1 Å². The Morgan fingerprint density at radius 3 is 2.60 bits per heavy atom. The summed E-state index contributed by atoms with van der Waals surface area (Å²) in [6.45, 7) is 1.93. The topological polar surface area (TPSA) is 44.3 Å². The molecule has 5 heteroatoms. The summed E-state index contributed by atoms with van der Waals surface area (Å²) in [4.78, 5) is 0. The summed E-state index contributed by atoms with van der Waals surface area (Å²) >= 11 is 0. The van der Waals surface area contributed by atoms with Gasteiger partial charge in [-0.2, -0.15) is 0 Å². The van der Waals surface area contributed by atoms with E-state index in [0.717, 1.165) is 18.7 Å². The summed E-state index contributed by atoms with van der Waals surface area (Å²) in [6, 6.07) is 1.57. The van der Waals surface area contributed by atoms with Crippen molar-refractivity contribution in [2.45, 2.75) is 6.04 Å². The molecule has 0 radical (unpaired) electrons. The first kappa shape index (κ1) is 10.3. The lowest BCUT2D eigenvalue weighted by atomic mass is 10.0. The van der Waals surface area contributed by atoms with Crippen molar-refractivity contribution < 1.29 is 13.9 Å². The number of rotatable bonds is 1. The van der Waals surface area contributed by atoms with E-state index in [1.54, 1.807) is 0 Å². The van der Waals surface area contributed by atoms with Gasteiger partial charge in [-0.1, -0.05) is 0 Å². The zero-order valence-electron chi connectivity index (χ0n) is 8.06. The van der Waals surface area contributed by atoms with Crippen LogP contribution in [0.1, 0.15) is 11.6 Å². The van der Waals surface area contributed by atoms with E-state index in [4.69, 9.17) is 0 Å². The molecule has 1 heterocycles. The van der Waals surface area contributed by atoms with Gasteiger partial charge in [-0.3, -0.25) is 0 Å². The molecule has 82 valence electrons. The van der Waals surface area contributed by atoms with Crippen molar-refractivity contribution in [2.75, 3.05) is 19.6 Å². The van der Waals surface area contributed by atoms with Crippen molar-refractivity contribution in [3.8, 4) is 5.75 Å². The molecule has 3 nitrogen and oxygen atoms in total. The van der Waals surface area contributed by atoms with Gasteiger partial charge in [0.1, 0.15) is 5.82 Å². The maximum absolute atomic E-state index is 13.4. The number of piperazine rings is 1. The van der Waals surface area contributed by atoms with Crippen LogP contribution >= 0.6 is 0 Å². The van der Waals surface area contributed by atoms with E-state index in [1.807, 2.05) is 0 Å². The minimum atomic E-state index is -0.793. The lowest BCUT2D eigenvalue weighted by Gasteiger charge is -2.25. The highest BCUT2D eigenvalue weighted by atomic mass is 19.1. The average Bonchev–Trinajstić information content (AvgIpc) is 2.26. The normalized spacial score (nSPS) is 21.6. The summed E-state index contributed by atoms with van der Waals surface area (Å²) in [5.41, 5.74) is 0.00204. The van der Waals surface area contributed by atoms with E-state index in [0.29, 0.717) is 13.1 Å². The third-order valence-corrected chi connectivity index (χ3v) is 2.50. The summed E-state index contributed by atoms with van der Waals surface area (Å²) in [6.07, 6.45) is 0. The maximum atomic E-state index is 13.4. The summed E-state index contributed by atoms with van der Waals surface area (Å²) in [7, 11) is 0. The van der Waals surface area contributed by atoms with Gasteiger partial charge in [0.25, 0.3) is 0 Å². The maximum Gasteiger partial charge on any atom is 0.165 e. The van der Waals surface area contributed by atoms with Crippen molar-refractivity contribution in [1.29, 1.82) is 0 Å². The van der Waals surface area contributed by atoms with Crippen LogP contribution in [0.2, 0.25) is 0 Å². The molecule has 0 aromatic heterocycles. The highest BCUT2D eigenvalue weighted by molar-refractivity contribution is 5.37. The number of benzene rings is 1. The van der Waals surface area contributed by atoms with Crippen LogP contribution in [-0.2, 0) is 0 Å². The van der Waals surface area contributed by atoms with Crippen molar-refractivity contribution in [3.63, 3.8) is 0 Å². The number of aromatic hydroxyl groups is 1. The van der Waals surface area contributed by atoms with E-state index in [-0.39, 0.29) is 11.6 Å². The lowest BCUT2D eigenvalue weighted by molar-refractivity contribution is 0.373. The van der Waals surface area contributed by atoms with E-state index >= 15 is 0 Å². The molecular weight excluding hydrogens is 202 g/mol. The second-order valence-corrected chi connectivity index (χ2v) is 3.50. The SMILES string of the molecule is Oc1c(F)ccc(F)c1[C@H]1CNCCN1. The Bertz CT molecular complexity index is 365. The monoisotopic (exact) mass is 214 g/mol. The van der Waals surface area contributed by atoms with Crippen LogP contribution in [0.5, 0.6) is 5.75 Å². The number of phenols is 1. The van der Waals surface area contributed by atoms with Crippen LogP contribution in [0.4, 0.5) is 8.78 Å². The Balaban J connectivity index is 2.36. The minimum Gasteiger partial charge on any atom is -0.505 e. The van der Waals surface area contributed by atoms with Gasteiger partial charge in [-0.05, 0) is 12.1 Å². The predicted octanol–water partition coefficient (Wildman–Crippen LogP) is 0.904. The van der Waals surface area contributed by atoms with Gasteiger partial charge in [-0.15, -0.1) is 0 Å². The second kappa shape index (κ2) is 4.12. The molecule has 0 spiro atoms. The van der Waals surface area contributed by atoms with Crippen molar-refractivity contribution in [2.24, 2.45) is 0 Å². The van der Waals surface area contributed by atoms with Gasteiger partial charge in [0, 0.05) is 19.6 Å². The molecule has 1 aromatic carbocycles. The first-order chi connectivity index (χ1) is 7.20. The summed E-state index contributed by atoms with van der Waals surface area (Å²) in [5, 5.41) is 15.5. The third-order valence-electron chi connectivity index (χ3n) is 2.50. The Morgan fingerprint density at radius 1 is 1.20 bits per heavy atom. The van der Waals surface area contributed by atoms with Gasteiger partial charge < -0.3 is 15.7 Å². The Hall–Kier alpha value is -1.20. The fourth-order valence-electron chi connectivity index (χ4n) is 1.75. The number of hydrogen-bond donors (Lipinski definition) is 3. The molecule has 0 aliphatic carbocycles. The summed E-state index contributed by atoms with van der Waals surface area (Å²) < 4.78 is 26.5. The lowest BCUT2D eigenvalue weighted by Crippen LogP contribution is -2.43. The Kier molecular flexibility index (Phi) is 2.83. The first-order valence-corrected chi connectivity index (χ1v) is 4.81. The van der Waals surface area contributed by atoms with Gasteiger partial charge in [0.2, 0.25) is 0 Å². The smallest absolute Gasteiger partial charge is 0.165 e. The number of hydrogen-bond acceptors (Lipinski definition) is 3. The van der Waals surface area contributed by atoms with Gasteiger partial charge in [-0.25, -0.2) is 8.78 Å². The molecule has 1 saturated heterocycles. The van der Waals surface area contributed by atoms with Crippen LogP contribution in [0.25, 0.3) is 0 Å². The van der Waals surface area contributed by atoms with Crippen LogP contribution in [0.15, 0.2) is 12.1 Å². The quantitative estimate of drug-likeness (QED) is 0.651.